The van der Waals surface area contributed by atoms with Crippen molar-refractivity contribution < 1.29 is 14.7 Å². The molecule has 0 saturated carbocycles. The summed E-state index contributed by atoms with van der Waals surface area (Å²) in [4.78, 5) is 21.5. The van der Waals surface area contributed by atoms with Crippen LogP contribution in [0.2, 0.25) is 0 Å². The highest BCUT2D eigenvalue weighted by Gasteiger charge is 2.17. The van der Waals surface area contributed by atoms with Crippen molar-refractivity contribution in [2.75, 3.05) is 0 Å². The maximum absolute atomic E-state index is 10.9. The summed E-state index contributed by atoms with van der Waals surface area (Å²) in [5.74, 6) is -1.45. The maximum atomic E-state index is 10.9. The molecule has 1 unspecified atom stereocenters. The minimum absolute atomic E-state index is 0.0744. The van der Waals surface area contributed by atoms with Crippen LogP contribution in [0.25, 0.3) is 0 Å². The van der Waals surface area contributed by atoms with Crippen LogP contribution in [0.4, 0.5) is 0 Å². The van der Waals surface area contributed by atoms with Crippen LogP contribution in [0.1, 0.15) is 39.5 Å². The van der Waals surface area contributed by atoms with Gasteiger partial charge in [-0.3, -0.25) is 4.79 Å². The standard InChI is InChI=1S/C11H20N2O3/c1-3-4-5-8(2)13-9(11(15)16)6-7-10(12)14/h5,9,13H,3-4,6-7H2,1-2H3,(H2,12,14)(H,15,16). The number of amides is 1. The number of aliphatic carboxylic acids is 1. The number of carbonyl (C=O) groups excluding carboxylic acids is 1. The molecule has 0 aliphatic heterocycles. The Bertz CT molecular complexity index is 274. The van der Waals surface area contributed by atoms with Gasteiger partial charge in [0.1, 0.15) is 6.04 Å². The number of nitrogens with one attached hydrogen (secondary N) is 1. The molecule has 0 spiro atoms. The van der Waals surface area contributed by atoms with Crippen LogP contribution >= 0.6 is 0 Å². The summed E-state index contributed by atoms with van der Waals surface area (Å²) in [6, 6.07) is -0.749. The summed E-state index contributed by atoms with van der Waals surface area (Å²) in [5.41, 5.74) is 5.80. The molecule has 1 amide bonds. The van der Waals surface area contributed by atoms with E-state index in [1.165, 1.54) is 0 Å². The molecule has 1 atom stereocenters. The smallest absolute Gasteiger partial charge is 0.326 e. The predicted molar refractivity (Wildman–Crippen MR) is 61.7 cm³/mol. The van der Waals surface area contributed by atoms with E-state index in [0.717, 1.165) is 18.5 Å². The van der Waals surface area contributed by atoms with E-state index in [4.69, 9.17) is 10.8 Å². The first-order chi connectivity index (χ1) is 7.47. The molecule has 0 saturated heterocycles. The number of carboxylic acids is 1. The number of carboxylic acid groups (broad SMARTS) is 1. The average Bonchev–Trinajstić information content (AvgIpc) is 2.20. The number of hydrogen-bond acceptors (Lipinski definition) is 3. The first kappa shape index (κ1) is 14.5. The Morgan fingerprint density at radius 1 is 1.50 bits per heavy atom. The van der Waals surface area contributed by atoms with Crippen molar-refractivity contribution in [1.29, 1.82) is 0 Å². The molecule has 5 heteroatoms. The number of rotatable bonds is 8. The summed E-state index contributed by atoms with van der Waals surface area (Å²) >= 11 is 0. The molecule has 16 heavy (non-hydrogen) atoms. The monoisotopic (exact) mass is 228 g/mol. The molecule has 0 aromatic heterocycles. The molecule has 0 bridgehead atoms. The zero-order valence-corrected chi connectivity index (χ0v) is 9.82. The molecule has 0 rings (SSSR count). The van der Waals surface area contributed by atoms with Gasteiger partial charge in [0.15, 0.2) is 0 Å². The second-order valence-corrected chi connectivity index (χ2v) is 3.72. The highest BCUT2D eigenvalue weighted by atomic mass is 16.4. The summed E-state index contributed by atoms with van der Waals surface area (Å²) in [6.45, 7) is 3.86. The minimum atomic E-state index is -0.967. The molecule has 0 aliphatic carbocycles. The van der Waals surface area contributed by atoms with E-state index in [2.05, 4.69) is 5.32 Å². The van der Waals surface area contributed by atoms with Gasteiger partial charge in [-0.25, -0.2) is 4.79 Å². The second kappa shape index (κ2) is 7.73. The Morgan fingerprint density at radius 3 is 2.56 bits per heavy atom. The lowest BCUT2D eigenvalue weighted by atomic mass is 10.1. The summed E-state index contributed by atoms with van der Waals surface area (Å²) < 4.78 is 0. The van der Waals surface area contributed by atoms with Gasteiger partial charge in [0, 0.05) is 12.1 Å². The molecule has 0 aromatic carbocycles. The van der Waals surface area contributed by atoms with Crippen LogP contribution in [0.3, 0.4) is 0 Å². The van der Waals surface area contributed by atoms with Crippen LogP contribution < -0.4 is 11.1 Å². The van der Waals surface area contributed by atoms with Crippen molar-refractivity contribution >= 4 is 11.9 Å². The van der Waals surface area contributed by atoms with Crippen molar-refractivity contribution in [3.8, 4) is 0 Å². The van der Waals surface area contributed by atoms with Crippen molar-refractivity contribution in [1.82, 2.24) is 5.32 Å². The summed E-state index contributed by atoms with van der Waals surface area (Å²) in [7, 11) is 0. The first-order valence-electron chi connectivity index (χ1n) is 5.41. The molecule has 0 aromatic rings. The molecular formula is C11H20N2O3. The van der Waals surface area contributed by atoms with Gasteiger partial charge in [-0.15, -0.1) is 0 Å². The van der Waals surface area contributed by atoms with E-state index in [1.54, 1.807) is 0 Å². The molecule has 0 radical (unpaired) electrons. The topological polar surface area (TPSA) is 92.4 Å². The van der Waals surface area contributed by atoms with E-state index in [1.807, 2.05) is 19.9 Å². The number of nitrogens with two attached hydrogens (primary N) is 1. The Morgan fingerprint density at radius 2 is 2.12 bits per heavy atom. The quantitative estimate of drug-likeness (QED) is 0.578. The van der Waals surface area contributed by atoms with Gasteiger partial charge in [0.2, 0.25) is 5.91 Å². The number of primary amides is 1. The Labute approximate surface area is 95.7 Å². The molecule has 5 nitrogen and oxygen atoms in total. The highest BCUT2D eigenvalue weighted by molar-refractivity contribution is 5.77. The van der Waals surface area contributed by atoms with E-state index < -0.39 is 17.9 Å². The summed E-state index contributed by atoms with van der Waals surface area (Å²) in [5, 5.41) is 11.8. The minimum Gasteiger partial charge on any atom is -0.480 e. The zero-order chi connectivity index (χ0) is 12.6. The predicted octanol–water partition coefficient (Wildman–Crippen LogP) is 0.999. The Kier molecular flexibility index (Phi) is 7.00. The van der Waals surface area contributed by atoms with Gasteiger partial charge >= 0.3 is 5.97 Å². The van der Waals surface area contributed by atoms with Crippen molar-refractivity contribution in [2.45, 2.75) is 45.6 Å². The fraction of sp³-hybridized carbons (Fsp3) is 0.636. The third-order valence-electron chi connectivity index (χ3n) is 2.12. The zero-order valence-electron chi connectivity index (χ0n) is 9.82. The number of unbranched alkanes of at least 4 members (excludes halogenated alkanes) is 1. The maximum Gasteiger partial charge on any atom is 0.326 e. The second-order valence-electron chi connectivity index (χ2n) is 3.72. The van der Waals surface area contributed by atoms with E-state index in [-0.39, 0.29) is 12.8 Å². The number of hydrogen-bond donors (Lipinski definition) is 3. The average molecular weight is 228 g/mol. The van der Waals surface area contributed by atoms with E-state index >= 15 is 0 Å². The van der Waals surface area contributed by atoms with Crippen LogP contribution in [-0.2, 0) is 9.59 Å². The van der Waals surface area contributed by atoms with Crippen molar-refractivity contribution in [3.05, 3.63) is 11.8 Å². The van der Waals surface area contributed by atoms with Crippen molar-refractivity contribution in [2.24, 2.45) is 5.73 Å². The molecule has 0 fully saturated rings. The molecule has 0 heterocycles. The van der Waals surface area contributed by atoms with Gasteiger partial charge in [-0.2, -0.15) is 0 Å². The molecular weight excluding hydrogens is 208 g/mol. The van der Waals surface area contributed by atoms with Crippen LogP contribution in [0.15, 0.2) is 11.8 Å². The lowest BCUT2D eigenvalue weighted by molar-refractivity contribution is -0.139. The summed E-state index contributed by atoms with van der Waals surface area (Å²) in [6.07, 6.45) is 4.15. The SMILES string of the molecule is CCCC=C(C)NC(CCC(N)=O)C(=O)O. The molecule has 92 valence electrons. The van der Waals surface area contributed by atoms with E-state index in [0.29, 0.717) is 0 Å². The third-order valence-corrected chi connectivity index (χ3v) is 2.12. The third kappa shape index (κ3) is 6.86. The lowest BCUT2D eigenvalue weighted by Gasteiger charge is -2.15. The fourth-order valence-electron chi connectivity index (χ4n) is 1.24. The van der Waals surface area contributed by atoms with Crippen LogP contribution in [0.5, 0.6) is 0 Å². The van der Waals surface area contributed by atoms with E-state index in [9.17, 15) is 9.59 Å². The van der Waals surface area contributed by atoms with Gasteiger partial charge in [0.25, 0.3) is 0 Å². The Balaban J connectivity index is 4.22. The highest BCUT2D eigenvalue weighted by Crippen LogP contribution is 2.02. The largest absolute Gasteiger partial charge is 0.480 e. The van der Waals surface area contributed by atoms with Gasteiger partial charge in [0.05, 0.1) is 0 Å². The van der Waals surface area contributed by atoms with Gasteiger partial charge < -0.3 is 16.2 Å². The van der Waals surface area contributed by atoms with Crippen molar-refractivity contribution in [3.63, 3.8) is 0 Å². The molecule has 4 N–H and O–H groups in total. The molecule has 0 aliphatic rings. The number of carbonyl (C=O) groups is 2. The van der Waals surface area contributed by atoms with Gasteiger partial charge in [-0.05, 0) is 19.8 Å². The number of allylic oxidation sites excluding steroid dienone is 2. The van der Waals surface area contributed by atoms with Crippen LogP contribution in [0, 0.1) is 0 Å². The lowest BCUT2D eigenvalue weighted by Crippen LogP contribution is -2.36. The Hall–Kier alpha value is -1.52. The normalized spacial score (nSPS) is 13.2. The van der Waals surface area contributed by atoms with Crippen LogP contribution in [-0.4, -0.2) is 23.0 Å². The van der Waals surface area contributed by atoms with Gasteiger partial charge in [-0.1, -0.05) is 19.4 Å². The fourth-order valence-corrected chi connectivity index (χ4v) is 1.24. The first-order valence-corrected chi connectivity index (χ1v) is 5.41.